The zero-order chi connectivity index (χ0) is 14.1. The zero-order valence-electron chi connectivity index (χ0n) is 12.5. The number of hydrogen-bond donors (Lipinski definition) is 1. The van der Waals surface area contributed by atoms with Gasteiger partial charge < -0.3 is 14.6 Å². The summed E-state index contributed by atoms with van der Waals surface area (Å²) in [6, 6.07) is 6.19. The summed E-state index contributed by atoms with van der Waals surface area (Å²) in [4.78, 5) is 4.90. The van der Waals surface area contributed by atoms with E-state index in [0.717, 1.165) is 37.3 Å². The monoisotopic (exact) mass is 273 g/mol. The van der Waals surface area contributed by atoms with Crippen LogP contribution in [0.15, 0.2) is 18.2 Å². The Bertz CT molecular complexity index is 601. The van der Waals surface area contributed by atoms with Gasteiger partial charge in [0.15, 0.2) is 0 Å². The molecule has 1 fully saturated rings. The molecule has 0 bridgehead atoms. The Hall–Kier alpha value is -1.55. The van der Waals surface area contributed by atoms with E-state index in [1.807, 2.05) is 12.1 Å². The molecule has 3 rings (SSSR count). The summed E-state index contributed by atoms with van der Waals surface area (Å²) in [6.45, 7) is 7.77. The highest BCUT2D eigenvalue weighted by atomic mass is 16.5. The maximum atomic E-state index is 5.31. The lowest BCUT2D eigenvalue weighted by Crippen LogP contribution is -2.45. The van der Waals surface area contributed by atoms with E-state index in [1.54, 1.807) is 7.11 Å². The number of ether oxygens (including phenoxy) is 1. The van der Waals surface area contributed by atoms with Gasteiger partial charge in [0.25, 0.3) is 0 Å². The average Bonchev–Trinajstić information content (AvgIpc) is 2.75. The highest BCUT2D eigenvalue weighted by Crippen LogP contribution is 2.31. The molecule has 2 heterocycles. The van der Waals surface area contributed by atoms with Crippen LogP contribution in [0.2, 0.25) is 0 Å². The van der Waals surface area contributed by atoms with Crippen LogP contribution in [-0.4, -0.2) is 29.8 Å². The van der Waals surface area contributed by atoms with Crippen LogP contribution in [0.4, 0.5) is 0 Å². The quantitative estimate of drug-likeness (QED) is 0.910. The van der Waals surface area contributed by atoms with Crippen molar-refractivity contribution >= 4 is 11.0 Å². The van der Waals surface area contributed by atoms with Crippen LogP contribution >= 0.6 is 0 Å². The molecule has 4 nitrogen and oxygen atoms in total. The number of methoxy groups -OCH3 is 1. The summed E-state index contributed by atoms with van der Waals surface area (Å²) in [5, 5.41) is 3.36. The van der Waals surface area contributed by atoms with Gasteiger partial charge in [-0.1, -0.05) is 13.8 Å². The molecule has 0 aliphatic carbocycles. The molecule has 20 heavy (non-hydrogen) atoms. The van der Waals surface area contributed by atoms with Crippen molar-refractivity contribution in [2.45, 2.75) is 32.7 Å². The number of nitrogens with zero attached hydrogens (tertiary/aromatic N) is 2. The third-order valence-electron chi connectivity index (χ3n) is 4.36. The van der Waals surface area contributed by atoms with Gasteiger partial charge in [-0.05, 0) is 37.6 Å². The molecule has 0 spiro atoms. The van der Waals surface area contributed by atoms with Crippen molar-refractivity contribution in [1.82, 2.24) is 14.9 Å². The largest absolute Gasteiger partial charge is 0.497 e. The fourth-order valence-corrected chi connectivity index (χ4v) is 2.94. The second kappa shape index (κ2) is 5.44. The van der Waals surface area contributed by atoms with Crippen LogP contribution < -0.4 is 10.1 Å². The van der Waals surface area contributed by atoms with E-state index >= 15 is 0 Å². The highest BCUT2D eigenvalue weighted by molar-refractivity contribution is 5.78. The van der Waals surface area contributed by atoms with Crippen molar-refractivity contribution in [3.8, 4) is 5.75 Å². The molecule has 2 aromatic rings. The zero-order valence-corrected chi connectivity index (χ0v) is 12.5. The molecule has 1 aliphatic heterocycles. The maximum absolute atomic E-state index is 5.31. The Labute approximate surface area is 120 Å². The summed E-state index contributed by atoms with van der Waals surface area (Å²) in [5.41, 5.74) is 2.27. The minimum Gasteiger partial charge on any atom is -0.497 e. The molecular weight excluding hydrogens is 250 g/mol. The van der Waals surface area contributed by atoms with Gasteiger partial charge in [0, 0.05) is 18.5 Å². The third kappa shape index (κ3) is 2.18. The third-order valence-corrected chi connectivity index (χ3v) is 4.36. The molecule has 0 saturated carbocycles. The van der Waals surface area contributed by atoms with E-state index in [0.29, 0.717) is 11.8 Å². The van der Waals surface area contributed by atoms with Crippen LogP contribution in [0.5, 0.6) is 5.75 Å². The van der Waals surface area contributed by atoms with Gasteiger partial charge in [0.1, 0.15) is 11.6 Å². The van der Waals surface area contributed by atoms with Gasteiger partial charge in [-0.25, -0.2) is 4.98 Å². The number of benzene rings is 1. The van der Waals surface area contributed by atoms with E-state index in [-0.39, 0.29) is 0 Å². The first kappa shape index (κ1) is 13.4. The molecule has 1 saturated heterocycles. The molecule has 0 amide bonds. The summed E-state index contributed by atoms with van der Waals surface area (Å²) < 4.78 is 7.70. The van der Waals surface area contributed by atoms with Crippen molar-refractivity contribution in [1.29, 1.82) is 0 Å². The number of hydrogen-bond acceptors (Lipinski definition) is 3. The molecule has 1 N–H and O–H groups in total. The van der Waals surface area contributed by atoms with Crippen LogP contribution in [0.25, 0.3) is 11.0 Å². The average molecular weight is 273 g/mol. The lowest BCUT2D eigenvalue weighted by molar-refractivity contribution is 0.291. The smallest absolute Gasteiger partial charge is 0.121 e. The van der Waals surface area contributed by atoms with E-state index in [2.05, 4.69) is 29.8 Å². The van der Waals surface area contributed by atoms with Gasteiger partial charge in [-0.2, -0.15) is 0 Å². The molecule has 4 heteroatoms. The summed E-state index contributed by atoms with van der Waals surface area (Å²) in [6.07, 6.45) is 1.13. The van der Waals surface area contributed by atoms with Crippen molar-refractivity contribution in [3.05, 3.63) is 24.0 Å². The van der Waals surface area contributed by atoms with Crippen LogP contribution in [0, 0.1) is 5.92 Å². The standard InChI is InChI=1S/C16H23N3O/c1-4-7-19-15-6-5-13(20-3)8-14(15)18-16(19)11(2)12-9-17-10-12/h5-6,8,11-12,17H,4,7,9-10H2,1-3H3. The normalized spacial score (nSPS) is 17.1. The molecule has 108 valence electrons. The van der Waals surface area contributed by atoms with Crippen LogP contribution in [0.3, 0.4) is 0 Å². The second-order valence-corrected chi connectivity index (χ2v) is 5.68. The summed E-state index contributed by atoms with van der Waals surface area (Å²) in [7, 11) is 1.70. The Kier molecular flexibility index (Phi) is 3.66. The van der Waals surface area contributed by atoms with Crippen molar-refractivity contribution < 1.29 is 4.74 Å². The van der Waals surface area contributed by atoms with Gasteiger partial charge in [0.05, 0.1) is 18.1 Å². The van der Waals surface area contributed by atoms with E-state index in [1.165, 1.54) is 11.3 Å². The Morgan fingerprint density at radius 1 is 1.45 bits per heavy atom. The molecule has 1 aliphatic rings. The van der Waals surface area contributed by atoms with E-state index < -0.39 is 0 Å². The Balaban J connectivity index is 2.06. The maximum Gasteiger partial charge on any atom is 0.121 e. The second-order valence-electron chi connectivity index (χ2n) is 5.68. The molecule has 1 aromatic heterocycles. The van der Waals surface area contributed by atoms with Crippen LogP contribution in [0.1, 0.15) is 32.0 Å². The first-order valence-electron chi connectivity index (χ1n) is 7.49. The number of imidazole rings is 1. The Morgan fingerprint density at radius 3 is 2.85 bits per heavy atom. The predicted molar refractivity (Wildman–Crippen MR) is 81.4 cm³/mol. The number of nitrogens with one attached hydrogen (secondary N) is 1. The van der Waals surface area contributed by atoms with Crippen LogP contribution in [-0.2, 0) is 6.54 Å². The SMILES string of the molecule is CCCn1c(C(C)C2CNC2)nc2cc(OC)ccc21. The van der Waals surface area contributed by atoms with Gasteiger partial charge in [-0.15, -0.1) is 0 Å². The first-order chi connectivity index (χ1) is 9.74. The minimum absolute atomic E-state index is 0.501. The van der Waals surface area contributed by atoms with Crippen molar-refractivity contribution in [2.75, 3.05) is 20.2 Å². The molecule has 0 radical (unpaired) electrons. The van der Waals surface area contributed by atoms with Crippen molar-refractivity contribution in [2.24, 2.45) is 5.92 Å². The molecule has 1 aromatic carbocycles. The fourth-order valence-electron chi connectivity index (χ4n) is 2.94. The van der Waals surface area contributed by atoms with E-state index in [4.69, 9.17) is 9.72 Å². The predicted octanol–water partition coefficient (Wildman–Crippen LogP) is 2.78. The van der Waals surface area contributed by atoms with Gasteiger partial charge in [0.2, 0.25) is 0 Å². The Morgan fingerprint density at radius 2 is 2.25 bits per heavy atom. The molecule has 1 unspecified atom stereocenters. The minimum atomic E-state index is 0.501. The molecular formula is C16H23N3O. The van der Waals surface area contributed by atoms with E-state index in [9.17, 15) is 0 Å². The lowest BCUT2D eigenvalue weighted by atomic mass is 9.88. The lowest BCUT2D eigenvalue weighted by Gasteiger charge is -2.32. The number of aromatic nitrogens is 2. The number of rotatable bonds is 5. The number of aryl methyl sites for hydroxylation is 1. The van der Waals surface area contributed by atoms with Gasteiger partial charge in [-0.3, -0.25) is 0 Å². The summed E-state index contributed by atoms with van der Waals surface area (Å²) in [5.74, 6) is 3.32. The topological polar surface area (TPSA) is 39.1 Å². The fraction of sp³-hybridized carbons (Fsp3) is 0.562. The van der Waals surface area contributed by atoms with Crippen molar-refractivity contribution in [3.63, 3.8) is 0 Å². The first-order valence-corrected chi connectivity index (χ1v) is 7.49. The summed E-state index contributed by atoms with van der Waals surface area (Å²) >= 11 is 0. The highest BCUT2D eigenvalue weighted by Gasteiger charge is 2.28. The van der Waals surface area contributed by atoms with Gasteiger partial charge >= 0.3 is 0 Å². The number of fused-ring (bicyclic) bond motifs is 1. The molecule has 1 atom stereocenters.